The van der Waals surface area contributed by atoms with Gasteiger partial charge in [0, 0.05) is 25.7 Å². The molecule has 0 amide bonds. The minimum atomic E-state index is 0.596. The van der Waals surface area contributed by atoms with Crippen molar-refractivity contribution in [2.24, 2.45) is 11.7 Å². The zero-order valence-corrected chi connectivity index (χ0v) is 11.4. The van der Waals surface area contributed by atoms with Gasteiger partial charge in [-0.3, -0.25) is 4.90 Å². The van der Waals surface area contributed by atoms with E-state index < -0.39 is 0 Å². The fraction of sp³-hybridized carbons (Fsp3) is 0.600. The van der Waals surface area contributed by atoms with Gasteiger partial charge in [-0.15, -0.1) is 0 Å². The Morgan fingerprint density at radius 1 is 1.12 bits per heavy atom. The summed E-state index contributed by atoms with van der Waals surface area (Å²) < 4.78 is 0. The van der Waals surface area contributed by atoms with Crippen LogP contribution in [0.1, 0.15) is 32.8 Å². The molecule has 1 atom stereocenters. The number of nitrogens with zero attached hydrogens (tertiary/aromatic N) is 1. The molecular weight excluding hydrogens is 208 g/mol. The standard InChI is InChI=1S/C15H26N2/c1-13(2)11-14(3)17(10-9-16)12-15-7-5-4-6-8-15/h4-8,13-14H,9-12,16H2,1-3H3. The summed E-state index contributed by atoms with van der Waals surface area (Å²) >= 11 is 0. The molecule has 0 radical (unpaired) electrons. The molecule has 0 aliphatic carbocycles. The molecule has 1 unspecified atom stereocenters. The summed E-state index contributed by atoms with van der Waals surface area (Å²) in [5.74, 6) is 0.737. The normalized spacial score (nSPS) is 13.3. The van der Waals surface area contributed by atoms with Crippen molar-refractivity contribution in [2.75, 3.05) is 13.1 Å². The lowest BCUT2D eigenvalue weighted by Crippen LogP contribution is -2.37. The molecule has 1 rings (SSSR count). The van der Waals surface area contributed by atoms with Crippen LogP contribution in [-0.4, -0.2) is 24.0 Å². The van der Waals surface area contributed by atoms with E-state index in [1.807, 2.05) is 0 Å². The van der Waals surface area contributed by atoms with Crippen molar-refractivity contribution < 1.29 is 0 Å². The number of rotatable bonds is 7. The van der Waals surface area contributed by atoms with E-state index >= 15 is 0 Å². The zero-order chi connectivity index (χ0) is 12.7. The van der Waals surface area contributed by atoms with Crippen molar-refractivity contribution in [2.45, 2.75) is 39.8 Å². The van der Waals surface area contributed by atoms with Gasteiger partial charge in [0.05, 0.1) is 0 Å². The minimum absolute atomic E-state index is 0.596. The van der Waals surface area contributed by atoms with Crippen LogP contribution >= 0.6 is 0 Å². The van der Waals surface area contributed by atoms with E-state index in [2.05, 4.69) is 56.0 Å². The molecule has 2 nitrogen and oxygen atoms in total. The van der Waals surface area contributed by atoms with Crippen LogP contribution in [0.3, 0.4) is 0 Å². The smallest absolute Gasteiger partial charge is 0.0237 e. The summed E-state index contributed by atoms with van der Waals surface area (Å²) in [7, 11) is 0. The van der Waals surface area contributed by atoms with E-state index in [9.17, 15) is 0 Å². The van der Waals surface area contributed by atoms with E-state index in [4.69, 9.17) is 5.73 Å². The Labute approximate surface area is 106 Å². The second kappa shape index (κ2) is 7.46. The van der Waals surface area contributed by atoms with Crippen LogP contribution in [0.5, 0.6) is 0 Å². The first-order valence-corrected chi connectivity index (χ1v) is 6.61. The quantitative estimate of drug-likeness (QED) is 0.786. The van der Waals surface area contributed by atoms with Crippen LogP contribution in [-0.2, 0) is 6.54 Å². The van der Waals surface area contributed by atoms with Crippen LogP contribution in [0.25, 0.3) is 0 Å². The number of nitrogens with two attached hydrogens (primary N) is 1. The summed E-state index contributed by atoms with van der Waals surface area (Å²) in [5, 5.41) is 0. The van der Waals surface area contributed by atoms with Crippen molar-refractivity contribution in [3.05, 3.63) is 35.9 Å². The highest BCUT2D eigenvalue weighted by Gasteiger charge is 2.14. The molecule has 0 aliphatic rings. The lowest BCUT2D eigenvalue weighted by atomic mass is 10.0. The molecule has 1 aromatic rings. The van der Waals surface area contributed by atoms with Gasteiger partial charge in [-0.25, -0.2) is 0 Å². The Hall–Kier alpha value is -0.860. The number of benzene rings is 1. The average Bonchev–Trinajstić information content (AvgIpc) is 2.29. The molecule has 96 valence electrons. The van der Waals surface area contributed by atoms with E-state index in [0.29, 0.717) is 6.04 Å². The van der Waals surface area contributed by atoms with Crippen molar-refractivity contribution in [1.29, 1.82) is 0 Å². The Kier molecular flexibility index (Phi) is 6.23. The Balaban J connectivity index is 2.59. The predicted molar refractivity (Wildman–Crippen MR) is 74.8 cm³/mol. The second-order valence-electron chi connectivity index (χ2n) is 5.22. The molecule has 0 bridgehead atoms. The van der Waals surface area contributed by atoms with Gasteiger partial charge in [0.15, 0.2) is 0 Å². The van der Waals surface area contributed by atoms with E-state index in [0.717, 1.165) is 25.6 Å². The van der Waals surface area contributed by atoms with Crippen molar-refractivity contribution in [1.82, 2.24) is 4.90 Å². The zero-order valence-electron chi connectivity index (χ0n) is 11.4. The number of hydrogen-bond acceptors (Lipinski definition) is 2. The van der Waals surface area contributed by atoms with Gasteiger partial charge in [0.2, 0.25) is 0 Å². The van der Waals surface area contributed by atoms with Crippen LogP contribution in [0, 0.1) is 5.92 Å². The first kappa shape index (κ1) is 14.2. The molecular formula is C15H26N2. The van der Waals surface area contributed by atoms with E-state index in [1.54, 1.807) is 0 Å². The van der Waals surface area contributed by atoms with Gasteiger partial charge >= 0.3 is 0 Å². The topological polar surface area (TPSA) is 29.3 Å². The molecule has 0 aliphatic heterocycles. The molecule has 0 aromatic heterocycles. The minimum Gasteiger partial charge on any atom is -0.329 e. The maximum atomic E-state index is 5.71. The SMILES string of the molecule is CC(C)CC(C)N(CCN)Cc1ccccc1. The van der Waals surface area contributed by atoms with Crippen molar-refractivity contribution in [3.8, 4) is 0 Å². The van der Waals surface area contributed by atoms with Crippen LogP contribution in [0.15, 0.2) is 30.3 Å². The molecule has 0 saturated heterocycles. The molecule has 2 heteroatoms. The van der Waals surface area contributed by atoms with E-state index in [1.165, 1.54) is 12.0 Å². The summed E-state index contributed by atoms with van der Waals surface area (Å²) in [4.78, 5) is 2.48. The molecule has 0 fully saturated rings. The predicted octanol–water partition coefficient (Wildman–Crippen LogP) is 2.88. The summed E-state index contributed by atoms with van der Waals surface area (Å²) in [6, 6.07) is 11.2. The van der Waals surface area contributed by atoms with Gasteiger partial charge in [-0.05, 0) is 24.8 Å². The molecule has 0 saturated carbocycles. The van der Waals surface area contributed by atoms with Gasteiger partial charge < -0.3 is 5.73 Å². The third-order valence-corrected chi connectivity index (χ3v) is 3.08. The highest BCUT2D eigenvalue weighted by molar-refractivity contribution is 5.14. The number of hydrogen-bond donors (Lipinski definition) is 1. The van der Waals surface area contributed by atoms with Gasteiger partial charge in [0.1, 0.15) is 0 Å². The highest BCUT2D eigenvalue weighted by Crippen LogP contribution is 2.14. The Bertz CT molecular complexity index is 295. The van der Waals surface area contributed by atoms with Crippen LogP contribution in [0.4, 0.5) is 0 Å². The van der Waals surface area contributed by atoms with E-state index in [-0.39, 0.29) is 0 Å². The lowest BCUT2D eigenvalue weighted by Gasteiger charge is -2.30. The molecule has 0 spiro atoms. The van der Waals surface area contributed by atoms with Crippen molar-refractivity contribution in [3.63, 3.8) is 0 Å². The third kappa shape index (κ3) is 5.33. The Morgan fingerprint density at radius 3 is 2.29 bits per heavy atom. The third-order valence-electron chi connectivity index (χ3n) is 3.08. The van der Waals surface area contributed by atoms with Gasteiger partial charge in [-0.2, -0.15) is 0 Å². The van der Waals surface area contributed by atoms with Gasteiger partial charge in [0.25, 0.3) is 0 Å². The highest BCUT2D eigenvalue weighted by atomic mass is 15.2. The average molecular weight is 234 g/mol. The summed E-state index contributed by atoms with van der Waals surface area (Å²) in [5.41, 5.74) is 7.08. The first-order chi connectivity index (χ1) is 8.13. The Morgan fingerprint density at radius 2 is 1.76 bits per heavy atom. The molecule has 1 aromatic carbocycles. The van der Waals surface area contributed by atoms with Gasteiger partial charge in [-0.1, -0.05) is 44.2 Å². The molecule has 17 heavy (non-hydrogen) atoms. The van der Waals surface area contributed by atoms with Crippen LogP contribution < -0.4 is 5.73 Å². The maximum absolute atomic E-state index is 5.71. The fourth-order valence-electron chi connectivity index (χ4n) is 2.27. The van der Waals surface area contributed by atoms with Crippen LogP contribution in [0.2, 0.25) is 0 Å². The summed E-state index contributed by atoms with van der Waals surface area (Å²) in [6.45, 7) is 9.57. The second-order valence-corrected chi connectivity index (χ2v) is 5.22. The first-order valence-electron chi connectivity index (χ1n) is 6.61. The lowest BCUT2D eigenvalue weighted by molar-refractivity contribution is 0.183. The summed E-state index contributed by atoms with van der Waals surface area (Å²) in [6.07, 6.45) is 1.23. The van der Waals surface area contributed by atoms with Crippen molar-refractivity contribution >= 4 is 0 Å². The molecule has 0 heterocycles. The largest absolute Gasteiger partial charge is 0.329 e. The monoisotopic (exact) mass is 234 g/mol. The fourth-order valence-corrected chi connectivity index (χ4v) is 2.27. The maximum Gasteiger partial charge on any atom is 0.0237 e. The molecule has 2 N–H and O–H groups in total.